The summed E-state index contributed by atoms with van der Waals surface area (Å²) < 4.78 is 10.1. The molecular formula is C13H8ClN3O4. The molecule has 2 aromatic heterocycles. The van der Waals surface area contributed by atoms with E-state index in [0.29, 0.717) is 16.1 Å². The third-order valence-corrected chi connectivity index (χ3v) is 3.20. The molecule has 3 aromatic rings. The van der Waals surface area contributed by atoms with Crippen LogP contribution in [0.25, 0.3) is 22.6 Å². The predicted molar refractivity (Wildman–Crippen MR) is 75.7 cm³/mol. The maximum absolute atomic E-state index is 10.7. The average Bonchev–Trinajstić information content (AvgIpc) is 3.06. The number of benzene rings is 1. The van der Waals surface area contributed by atoms with Crippen LogP contribution in [0.1, 0.15) is 0 Å². The number of aromatic nitrogens is 1. The van der Waals surface area contributed by atoms with E-state index >= 15 is 0 Å². The van der Waals surface area contributed by atoms with Gasteiger partial charge in [0.05, 0.1) is 11.6 Å². The number of nitro groups is 1. The Morgan fingerprint density at radius 3 is 2.67 bits per heavy atom. The van der Waals surface area contributed by atoms with Gasteiger partial charge >= 0.3 is 5.88 Å². The fraction of sp³-hybridized carbons (Fsp3) is 0. The summed E-state index contributed by atoms with van der Waals surface area (Å²) in [6.07, 6.45) is 0. The average molecular weight is 306 g/mol. The zero-order chi connectivity index (χ0) is 15.0. The van der Waals surface area contributed by atoms with E-state index in [4.69, 9.17) is 26.3 Å². The second kappa shape index (κ2) is 4.95. The van der Waals surface area contributed by atoms with E-state index in [1.807, 2.05) is 0 Å². The van der Waals surface area contributed by atoms with E-state index in [1.165, 1.54) is 12.1 Å². The van der Waals surface area contributed by atoms with Crippen LogP contribution in [0.2, 0.25) is 5.02 Å². The number of rotatable bonds is 3. The van der Waals surface area contributed by atoms with Crippen LogP contribution in [-0.2, 0) is 0 Å². The minimum Gasteiger partial charge on any atom is -0.399 e. The zero-order valence-corrected chi connectivity index (χ0v) is 11.2. The summed E-state index contributed by atoms with van der Waals surface area (Å²) in [4.78, 5) is 10.0. The highest BCUT2D eigenvalue weighted by Crippen LogP contribution is 2.40. The largest absolute Gasteiger partial charge is 0.433 e. The van der Waals surface area contributed by atoms with E-state index in [-0.39, 0.29) is 17.3 Å². The minimum absolute atomic E-state index is 0.0529. The number of halogens is 1. The van der Waals surface area contributed by atoms with Crippen molar-refractivity contribution in [1.29, 1.82) is 0 Å². The smallest absolute Gasteiger partial charge is 0.399 e. The maximum atomic E-state index is 10.7. The van der Waals surface area contributed by atoms with Crippen molar-refractivity contribution in [2.75, 3.05) is 5.73 Å². The van der Waals surface area contributed by atoms with E-state index in [1.54, 1.807) is 24.3 Å². The predicted octanol–water partition coefficient (Wildman–Crippen LogP) is 3.75. The van der Waals surface area contributed by atoms with Crippen LogP contribution in [-0.4, -0.2) is 10.1 Å². The quantitative estimate of drug-likeness (QED) is 0.583. The molecule has 0 saturated heterocycles. The lowest BCUT2D eigenvalue weighted by atomic mass is 10.0. The molecule has 3 rings (SSSR count). The Kier molecular flexibility index (Phi) is 3.11. The van der Waals surface area contributed by atoms with Crippen LogP contribution in [0.4, 0.5) is 11.8 Å². The summed E-state index contributed by atoms with van der Waals surface area (Å²) >= 11 is 6.14. The number of nitrogens with two attached hydrogens (primary N) is 1. The molecule has 0 aliphatic carbocycles. The molecular weight excluding hydrogens is 298 g/mol. The summed E-state index contributed by atoms with van der Waals surface area (Å²) in [5.41, 5.74) is 7.08. The molecule has 0 amide bonds. The van der Waals surface area contributed by atoms with Crippen LogP contribution in [0.15, 0.2) is 45.3 Å². The molecule has 7 nitrogen and oxygen atoms in total. The molecule has 0 saturated carbocycles. The lowest BCUT2D eigenvalue weighted by molar-refractivity contribution is -0.401. The van der Waals surface area contributed by atoms with Crippen molar-refractivity contribution in [3.05, 3.63) is 51.5 Å². The molecule has 1 aromatic carbocycles. The van der Waals surface area contributed by atoms with Crippen molar-refractivity contribution in [3.63, 3.8) is 0 Å². The Labute approximate surface area is 123 Å². The van der Waals surface area contributed by atoms with Gasteiger partial charge in [-0.1, -0.05) is 35.0 Å². The van der Waals surface area contributed by atoms with Crippen LogP contribution in [0.3, 0.4) is 0 Å². The van der Waals surface area contributed by atoms with Crippen LogP contribution in [0, 0.1) is 10.1 Å². The Bertz CT molecular complexity index is 824. The second-order valence-corrected chi connectivity index (χ2v) is 4.55. The van der Waals surface area contributed by atoms with Gasteiger partial charge in [0.1, 0.15) is 4.92 Å². The molecule has 0 unspecified atom stereocenters. The van der Waals surface area contributed by atoms with Crippen molar-refractivity contribution >= 4 is 23.4 Å². The molecule has 0 fully saturated rings. The van der Waals surface area contributed by atoms with Crippen molar-refractivity contribution in [3.8, 4) is 22.6 Å². The topological polar surface area (TPSA) is 108 Å². The van der Waals surface area contributed by atoms with Gasteiger partial charge in [-0.15, -0.1) is 0 Å². The molecule has 21 heavy (non-hydrogen) atoms. The van der Waals surface area contributed by atoms with Gasteiger partial charge in [-0.2, -0.15) is 0 Å². The fourth-order valence-electron chi connectivity index (χ4n) is 1.95. The Morgan fingerprint density at radius 2 is 2.00 bits per heavy atom. The Balaban J connectivity index is 2.17. The molecule has 0 spiro atoms. The third kappa shape index (κ3) is 2.23. The molecule has 0 aliphatic heterocycles. The molecule has 0 aliphatic rings. The zero-order valence-electron chi connectivity index (χ0n) is 10.4. The lowest BCUT2D eigenvalue weighted by Crippen LogP contribution is -1.88. The van der Waals surface area contributed by atoms with E-state index in [2.05, 4.69) is 5.16 Å². The first-order valence-corrected chi connectivity index (χ1v) is 6.20. The highest BCUT2D eigenvalue weighted by Gasteiger charge is 2.23. The number of furan rings is 1. The van der Waals surface area contributed by atoms with Gasteiger partial charge in [0.15, 0.2) is 11.5 Å². The lowest BCUT2D eigenvalue weighted by Gasteiger charge is -2.02. The second-order valence-electron chi connectivity index (χ2n) is 4.15. The third-order valence-electron chi connectivity index (χ3n) is 2.87. The fourth-order valence-corrected chi connectivity index (χ4v) is 2.18. The standard InChI is InChI=1S/C13H8ClN3O4/c14-8-4-2-1-3-7(8)11-12(16-21-13(11)15)9-5-6-10(20-9)17(18)19/h1-6H,15H2. The van der Waals surface area contributed by atoms with Crippen molar-refractivity contribution in [2.24, 2.45) is 0 Å². The number of anilines is 1. The first-order valence-electron chi connectivity index (χ1n) is 5.82. The van der Waals surface area contributed by atoms with Gasteiger partial charge in [0.25, 0.3) is 0 Å². The monoisotopic (exact) mass is 305 g/mol. The van der Waals surface area contributed by atoms with Gasteiger partial charge in [-0.3, -0.25) is 10.1 Å². The van der Waals surface area contributed by atoms with Crippen molar-refractivity contribution in [2.45, 2.75) is 0 Å². The van der Waals surface area contributed by atoms with Crippen molar-refractivity contribution < 1.29 is 13.9 Å². The summed E-state index contributed by atoms with van der Waals surface area (Å²) in [6, 6.07) is 9.64. The molecule has 0 atom stereocenters. The Morgan fingerprint density at radius 1 is 1.24 bits per heavy atom. The minimum atomic E-state index is -0.637. The highest BCUT2D eigenvalue weighted by atomic mass is 35.5. The van der Waals surface area contributed by atoms with E-state index < -0.39 is 10.8 Å². The van der Waals surface area contributed by atoms with Gasteiger partial charge in [-0.05, 0) is 12.1 Å². The molecule has 106 valence electrons. The number of nitrogens with zero attached hydrogens (tertiary/aromatic N) is 2. The van der Waals surface area contributed by atoms with Crippen LogP contribution >= 0.6 is 11.6 Å². The molecule has 2 N–H and O–H groups in total. The van der Waals surface area contributed by atoms with Gasteiger partial charge in [0.2, 0.25) is 5.88 Å². The Hall–Kier alpha value is -2.80. The molecule has 0 bridgehead atoms. The van der Waals surface area contributed by atoms with Crippen molar-refractivity contribution in [1.82, 2.24) is 5.16 Å². The number of hydrogen-bond acceptors (Lipinski definition) is 6. The molecule has 8 heteroatoms. The maximum Gasteiger partial charge on any atom is 0.433 e. The highest BCUT2D eigenvalue weighted by molar-refractivity contribution is 6.33. The SMILES string of the molecule is Nc1onc(-c2ccc([N+](=O)[O-])o2)c1-c1ccccc1Cl. The normalized spacial score (nSPS) is 10.7. The molecule has 0 radical (unpaired) electrons. The van der Waals surface area contributed by atoms with E-state index in [0.717, 1.165) is 0 Å². The summed E-state index contributed by atoms with van der Waals surface area (Å²) in [5, 5.41) is 14.9. The summed E-state index contributed by atoms with van der Waals surface area (Å²) in [7, 11) is 0. The summed E-state index contributed by atoms with van der Waals surface area (Å²) in [5.74, 6) is -0.161. The van der Waals surface area contributed by atoms with Gasteiger partial charge in [0, 0.05) is 10.6 Å². The van der Waals surface area contributed by atoms with Crippen LogP contribution < -0.4 is 5.73 Å². The number of hydrogen-bond donors (Lipinski definition) is 1. The molecule has 2 heterocycles. The number of nitrogen functional groups attached to an aromatic ring is 1. The van der Waals surface area contributed by atoms with Crippen LogP contribution in [0.5, 0.6) is 0 Å². The van der Waals surface area contributed by atoms with Gasteiger partial charge < -0.3 is 14.7 Å². The van der Waals surface area contributed by atoms with E-state index in [9.17, 15) is 10.1 Å². The first-order chi connectivity index (χ1) is 10.1. The first kappa shape index (κ1) is 13.2. The summed E-state index contributed by atoms with van der Waals surface area (Å²) in [6.45, 7) is 0. The van der Waals surface area contributed by atoms with Gasteiger partial charge in [-0.25, -0.2) is 0 Å².